The third-order valence-electron chi connectivity index (χ3n) is 3.21. The van der Waals surface area contributed by atoms with Crippen molar-refractivity contribution in [2.75, 3.05) is 0 Å². The molecule has 0 atom stereocenters. The highest BCUT2D eigenvalue weighted by molar-refractivity contribution is 9.10. The summed E-state index contributed by atoms with van der Waals surface area (Å²) in [6, 6.07) is 11.6. The summed E-state index contributed by atoms with van der Waals surface area (Å²) >= 11 is 3.49. The second-order valence-electron chi connectivity index (χ2n) is 4.56. The molecule has 1 nitrogen and oxygen atoms in total. The molecule has 2 aromatic carbocycles. The standard InChI is InChI=1S/C16H15BrO/c1-10-7-8-13(9-12(10)3)16(18)14-6-4-5-11(2)15(14)17/h4-9H,1-3H3. The van der Waals surface area contributed by atoms with Gasteiger partial charge in [0.15, 0.2) is 5.78 Å². The predicted molar refractivity (Wildman–Crippen MR) is 78.2 cm³/mol. The van der Waals surface area contributed by atoms with Crippen LogP contribution >= 0.6 is 15.9 Å². The molecule has 0 aliphatic rings. The summed E-state index contributed by atoms with van der Waals surface area (Å²) in [7, 11) is 0. The van der Waals surface area contributed by atoms with Crippen LogP contribution in [0.25, 0.3) is 0 Å². The number of aryl methyl sites for hydroxylation is 3. The number of ketones is 1. The van der Waals surface area contributed by atoms with Gasteiger partial charge in [-0.05, 0) is 65.5 Å². The summed E-state index contributed by atoms with van der Waals surface area (Å²) in [4.78, 5) is 12.5. The molecule has 2 heteroatoms. The summed E-state index contributed by atoms with van der Waals surface area (Å²) in [5, 5.41) is 0. The maximum Gasteiger partial charge on any atom is 0.194 e. The van der Waals surface area contributed by atoms with Crippen LogP contribution in [-0.2, 0) is 0 Å². The Bertz CT molecular complexity index is 614. The van der Waals surface area contributed by atoms with E-state index in [1.54, 1.807) is 0 Å². The van der Waals surface area contributed by atoms with Gasteiger partial charge in [-0.25, -0.2) is 0 Å². The van der Waals surface area contributed by atoms with Crippen LogP contribution in [0.4, 0.5) is 0 Å². The summed E-state index contributed by atoms with van der Waals surface area (Å²) in [5.74, 6) is 0.0636. The van der Waals surface area contributed by atoms with Gasteiger partial charge in [0, 0.05) is 15.6 Å². The van der Waals surface area contributed by atoms with E-state index in [4.69, 9.17) is 0 Å². The van der Waals surface area contributed by atoms with Gasteiger partial charge in [0.25, 0.3) is 0 Å². The van der Waals surface area contributed by atoms with E-state index in [0.29, 0.717) is 0 Å². The number of halogens is 1. The van der Waals surface area contributed by atoms with Gasteiger partial charge >= 0.3 is 0 Å². The molecule has 0 N–H and O–H groups in total. The lowest BCUT2D eigenvalue weighted by atomic mass is 9.98. The molecule has 0 saturated heterocycles. The first-order valence-electron chi connectivity index (χ1n) is 5.88. The van der Waals surface area contributed by atoms with Gasteiger partial charge < -0.3 is 0 Å². The van der Waals surface area contributed by atoms with E-state index in [1.807, 2.05) is 57.2 Å². The van der Waals surface area contributed by atoms with Crippen LogP contribution in [0.2, 0.25) is 0 Å². The molecule has 0 unspecified atom stereocenters. The van der Waals surface area contributed by atoms with E-state index in [2.05, 4.69) is 15.9 Å². The minimum absolute atomic E-state index is 0.0636. The molecule has 92 valence electrons. The number of benzene rings is 2. The third kappa shape index (κ3) is 2.39. The Kier molecular flexibility index (Phi) is 3.67. The molecule has 0 aliphatic heterocycles. The Hall–Kier alpha value is -1.41. The van der Waals surface area contributed by atoms with Crippen molar-refractivity contribution in [1.82, 2.24) is 0 Å². The highest BCUT2D eigenvalue weighted by Gasteiger charge is 2.13. The van der Waals surface area contributed by atoms with Gasteiger partial charge in [0.05, 0.1) is 0 Å². The van der Waals surface area contributed by atoms with Crippen LogP contribution < -0.4 is 0 Å². The third-order valence-corrected chi connectivity index (χ3v) is 4.26. The van der Waals surface area contributed by atoms with Crippen molar-refractivity contribution in [3.05, 3.63) is 68.7 Å². The lowest BCUT2D eigenvalue weighted by molar-refractivity contribution is 0.103. The lowest BCUT2D eigenvalue weighted by Crippen LogP contribution is -2.03. The molecule has 0 saturated carbocycles. The molecule has 0 radical (unpaired) electrons. The molecule has 0 heterocycles. The zero-order valence-corrected chi connectivity index (χ0v) is 12.3. The largest absolute Gasteiger partial charge is 0.289 e. The SMILES string of the molecule is Cc1ccc(C(=O)c2cccc(C)c2Br)cc1C. The van der Waals surface area contributed by atoms with Gasteiger partial charge in [-0.1, -0.05) is 24.3 Å². The van der Waals surface area contributed by atoms with Crippen molar-refractivity contribution in [2.45, 2.75) is 20.8 Å². The zero-order valence-electron chi connectivity index (χ0n) is 10.8. The molecule has 0 aromatic heterocycles. The molecule has 0 fully saturated rings. The number of carbonyl (C=O) groups is 1. The summed E-state index contributed by atoms with van der Waals surface area (Å²) in [6.07, 6.45) is 0. The fourth-order valence-electron chi connectivity index (χ4n) is 1.86. The Morgan fingerprint density at radius 1 is 0.944 bits per heavy atom. The minimum atomic E-state index is 0.0636. The van der Waals surface area contributed by atoms with Crippen molar-refractivity contribution in [3.8, 4) is 0 Å². The maximum absolute atomic E-state index is 12.5. The van der Waals surface area contributed by atoms with Gasteiger partial charge in [0.1, 0.15) is 0 Å². The summed E-state index contributed by atoms with van der Waals surface area (Å²) < 4.78 is 0.883. The molecule has 0 spiro atoms. The first kappa shape index (κ1) is 13.0. The fourth-order valence-corrected chi connectivity index (χ4v) is 2.31. The molecule has 0 bridgehead atoms. The quantitative estimate of drug-likeness (QED) is 0.741. The highest BCUT2D eigenvalue weighted by Crippen LogP contribution is 2.24. The maximum atomic E-state index is 12.5. The van der Waals surface area contributed by atoms with Crippen molar-refractivity contribution in [2.24, 2.45) is 0 Å². The number of hydrogen-bond acceptors (Lipinski definition) is 1. The van der Waals surface area contributed by atoms with Crippen LogP contribution in [0.1, 0.15) is 32.6 Å². The first-order chi connectivity index (χ1) is 8.50. The molecule has 0 amide bonds. The second-order valence-corrected chi connectivity index (χ2v) is 5.36. The minimum Gasteiger partial charge on any atom is -0.289 e. The molecular weight excluding hydrogens is 288 g/mol. The van der Waals surface area contributed by atoms with E-state index in [1.165, 1.54) is 5.56 Å². The van der Waals surface area contributed by atoms with E-state index in [9.17, 15) is 4.79 Å². The fraction of sp³-hybridized carbons (Fsp3) is 0.188. The molecular formula is C16H15BrO. The van der Waals surface area contributed by atoms with Crippen molar-refractivity contribution < 1.29 is 4.79 Å². The van der Waals surface area contributed by atoms with Gasteiger partial charge in [-0.3, -0.25) is 4.79 Å². The van der Waals surface area contributed by atoms with Gasteiger partial charge in [-0.2, -0.15) is 0 Å². The molecule has 2 aromatic rings. The average molecular weight is 303 g/mol. The molecule has 18 heavy (non-hydrogen) atoms. The Morgan fingerprint density at radius 2 is 1.67 bits per heavy atom. The van der Waals surface area contributed by atoms with Gasteiger partial charge in [0.2, 0.25) is 0 Å². The van der Waals surface area contributed by atoms with E-state index in [0.717, 1.165) is 26.7 Å². The van der Waals surface area contributed by atoms with Crippen LogP contribution in [0.15, 0.2) is 40.9 Å². The van der Waals surface area contributed by atoms with Crippen molar-refractivity contribution >= 4 is 21.7 Å². The Labute approximate surface area is 116 Å². The zero-order chi connectivity index (χ0) is 13.3. The van der Waals surface area contributed by atoms with Crippen molar-refractivity contribution in [3.63, 3.8) is 0 Å². The molecule has 2 rings (SSSR count). The lowest BCUT2D eigenvalue weighted by Gasteiger charge is -2.08. The Balaban J connectivity index is 2.48. The monoisotopic (exact) mass is 302 g/mol. The first-order valence-corrected chi connectivity index (χ1v) is 6.67. The molecule has 0 aliphatic carbocycles. The summed E-state index contributed by atoms with van der Waals surface area (Å²) in [5.41, 5.74) is 4.88. The van der Waals surface area contributed by atoms with Crippen LogP contribution in [-0.4, -0.2) is 5.78 Å². The Morgan fingerprint density at radius 3 is 2.33 bits per heavy atom. The number of rotatable bonds is 2. The number of carbonyl (C=O) groups excluding carboxylic acids is 1. The number of hydrogen-bond donors (Lipinski definition) is 0. The second kappa shape index (κ2) is 5.07. The normalized spacial score (nSPS) is 10.4. The van der Waals surface area contributed by atoms with Gasteiger partial charge in [-0.15, -0.1) is 0 Å². The van der Waals surface area contributed by atoms with E-state index in [-0.39, 0.29) is 5.78 Å². The topological polar surface area (TPSA) is 17.1 Å². The predicted octanol–water partition coefficient (Wildman–Crippen LogP) is 4.61. The highest BCUT2D eigenvalue weighted by atomic mass is 79.9. The van der Waals surface area contributed by atoms with Crippen LogP contribution in [0.3, 0.4) is 0 Å². The van der Waals surface area contributed by atoms with Crippen molar-refractivity contribution in [1.29, 1.82) is 0 Å². The van der Waals surface area contributed by atoms with E-state index >= 15 is 0 Å². The summed E-state index contributed by atoms with van der Waals surface area (Å²) in [6.45, 7) is 6.06. The average Bonchev–Trinajstić information content (AvgIpc) is 2.35. The van der Waals surface area contributed by atoms with Crippen LogP contribution in [0, 0.1) is 20.8 Å². The van der Waals surface area contributed by atoms with Crippen LogP contribution in [0.5, 0.6) is 0 Å². The smallest absolute Gasteiger partial charge is 0.194 e. The van der Waals surface area contributed by atoms with E-state index < -0.39 is 0 Å².